The number of benzene rings is 3. The summed E-state index contributed by atoms with van der Waals surface area (Å²) < 4.78 is 27.2. The fourth-order valence-corrected chi connectivity index (χ4v) is 3.79. The van der Waals surface area contributed by atoms with Crippen molar-refractivity contribution in [2.75, 3.05) is 4.72 Å². The van der Waals surface area contributed by atoms with Gasteiger partial charge in [-0.2, -0.15) is 0 Å². The third kappa shape index (κ3) is 5.01. The Morgan fingerprint density at radius 3 is 2.14 bits per heavy atom. The fraction of sp³-hybridized carbons (Fsp3) is 0. The van der Waals surface area contributed by atoms with E-state index in [0.717, 1.165) is 5.56 Å². The maximum Gasteiger partial charge on any atom is 0.261 e. The number of hydrogen-bond acceptors (Lipinski definition) is 3. The third-order valence-electron chi connectivity index (χ3n) is 3.87. The van der Waals surface area contributed by atoms with E-state index < -0.39 is 10.0 Å². The Morgan fingerprint density at radius 2 is 1.50 bits per heavy atom. The van der Waals surface area contributed by atoms with Crippen LogP contribution < -0.4 is 4.72 Å². The lowest BCUT2D eigenvalue weighted by Crippen LogP contribution is -2.12. The van der Waals surface area contributed by atoms with Crippen LogP contribution in [-0.4, -0.2) is 14.2 Å². The number of rotatable bonds is 6. The number of hydrogen-bond donors (Lipinski definition) is 1. The Balaban J connectivity index is 1.72. The van der Waals surface area contributed by atoms with Gasteiger partial charge in [0.05, 0.1) is 4.90 Å². The SMILES string of the molecule is O=C(/C=C/c1ccccc1Cl)c1ccc(NS(=O)(=O)c2ccc(Cl)cc2)cc1. The highest BCUT2D eigenvalue weighted by Gasteiger charge is 2.14. The summed E-state index contributed by atoms with van der Waals surface area (Å²) in [5.74, 6) is -0.216. The molecule has 0 atom stereocenters. The molecule has 0 aromatic heterocycles. The number of carbonyl (C=O) groups excluding carboxylic acids is 1. The molecule has 0 bridgehead atoms. The summed E-state index contributed by atoms with van der Waals surface area (Å²) in [5.41, 5.74) is 1.52. The molecule has 28 heavy (non-hydrogen) atoms. The van der Waals surface area contributed by atoms with E-state index in [4.69, 9.17) is 23.2 Å². The number of carbonyl (C=O) groups is 1. The van der Waals surface area contributed by atoms with Gasteiger partial charge < -0.3 is 0 Å². The number of allylic oxidation sites excluding steroid dienone is 1. The molecule has 4 nitrogen and oxygen atoms in total. The Hall–Kier alpha value is -2.60. The lowest BCUT2D eigenvalue weighted by atomic mass is 10.1. The zero-order valence-electron chi connectivity index (χ0n) is 14.5. The van der Waals surface area contributed by atoms with Gasteiger partial charge in [0.2, 0.25) is 0 Å². The minimum atomic E-state index is -3.74. The van der Waals surface area contributed by atoms with E-state index in [-0.39, 0.29) is 10.7 Å². The van der Waals surface area contributed by atoms with Gasteiger partial charge in [0.25, 0.3) is 10.0 Å². The lowest BCUT2D eigenvalue weighted by molar-refractivity contribution is 0.104. The van der Waals surface area contributed by atoms with Gasteiger partial charge in [-0.05, 0) is 72.3 Å². The van der Waals surface area contributed by atoms with Crippen molar-refractivity contribution in [2.45, 2.75) is 4.90 Å². The molecule has 0 saturated heterocycles. The summed E-state index contributed by atoms with van der Waals surface area (Å²) in [5, 5.41) is 1.00. The normalized spacial score (nSPS) is 11.5. The van der Waals surface area contributed by atoms with Crippen molar-refractivity contribution in [2.24, 2.45) is 0 Å². The van der Waals surface area contributed by atoms with Crippen LogP contribution in [0.2, 0.25) is 10.0 Å². The quantitative estimate of drug-likeness (QED) is 0.402. The zero-order valence-corrected chi connectivity index (χ0v) is 16.8. The molecule has 0 unspecified atom stereocenters. The summed E-state index contributed by atoms with van der Waals surface area (Å²) in [7, 11) is -3.74. The zero-order chi connectivity index (χ0) is 20.1. The number of nitrogens with one attached hydrogen (secondary N) is 1. The second-order valence-corrected chi connectivity index (χ2v) is 8.38. The smallest absolute Gasteiger partial charge is 0.261 e. The molecule has 3 aromatic rings. The second-order valence-electron chi connectivity index (χ2n) is 5.86. The molecule has 0 aliphatic carbocycles. The monoisotopic (exact) mass is 431 g/mol. The van der Waals surface area contributed by atoms with Crippen molar-refractivity contribution < 1.29 is 13.2 Å². The lowest BCUT2D eigenvalue weighted by Gasteiger charge is -2.08. The first-order chi connectivity index (χ1) is 13.3. The molecule has 0 fully saturated rings. The molecule has 0 radical (unpaired) electrons. The molecule has 7 heteroatoms. The number of sulfonamides is 1. The van der Waals surface area contributed by atoms with Gasteiger partial charge >= 0.3 is 0 Å². The summed E-state index contributed by atoms with van der Waals surface area (Å²) in [6.45, 7) is 0. The maximum atomic E-state index is 12.4. The van der Waals surface area contributed by atoms with Gasteiger partial charge in [0.1, 0.15) is 0 Å². The van der Waals surface area contributed by atoms with E-state index in [9.17, 15) is 13.2 Å². The number of anilines is 1. The van der Waals surface area contributed by atoms with Crippen LogP contribution in [0.15, 0.2) is 83.8 Å². The van der Waals surface area contributed by atoms with Gasteiger partial charge in [-0.25, -0.2) is 8.42 Å². The molecule has 1 N–H and O–H groups in total. The van der Waals surface area contributed by atoms with Crippen LogP contribution in [0.1, 0.15) is 15.9 Å². The van der Waals surface area contributed by atoms with Gasteiger partial charge in [-0.3, -0.25) is 9.52 Å². The molecule has 142 valence electrons. The summed E-state index contributed by atoms with van der Waals surface area (Å²) in [6, 6.07) is 19.2. The predicted octanol–water partition coefficient (Wildman–Crippen LogP) is 5.69. The van der Waals surface area contributed by atoms with Crippen LogP contribution in [-0.2, 0) is 10.0 Å². The van der Waals surface area contributed by atoms with Gasteiger partial charge in [-0.15, -0.1) is 0 Å². The molecular weight excluding hydrogens is 417 g/mol. The Morgan fingerprint density at radius 1 is 0.857 bits per heavy atom. The second kappa shape index (κ2) is 8.61. The molecule has 3 rings (SSSR count). The van der Waals surface area contributed by atoms with E-state index in [1.54, 1.807) is 30.3 Å². The number of halogens is 2. The minimum Gasteiger partial charge on any atom is -0.289 e. The molecule has 0 saturated carbocycles. The van der Waals surface area contributed by atoms with Crippen molar-refractivity contribution in [3.05, 3.63) is 100 Å². The molecule has 0 aliphatic rings. The molecule has 3 aromatic carbocycles. The predicted molar refractivity (Wildman–Crippen MR) is 114 cm³/mol. The first kappa shape index (κ1) is 20.1. The Bertz CT molecular complexity index is 1120. The van der Waals surface area contributed by atoms with Gasteiger partial charge in [0, 0.05) is 21.3 Å². The first-order valence-corrected chi connectivity index (χ1v) is 10.4. The summed E-state index contributed by atoms with van der Waals surface area (Å²) in [6.07, 6.45) is 3.07. The highest BCUT2D eigenvalue weighted by atomic mass is 35.5. The van der Waals surface area contributed by atoms with Crippen molar-refractivity contribution in [1.29, 1.82) is 0 Å². The van der Waals surface area contributed by atoms with Crippen LogP contribution in [0.3, 0.4) is 0 Å². The van der Waals surface area contributed by atoms with Gasteiger partial charge in [0.15, 0.2) is 5.78 Å². The summed E-state index contributed by atoms with van der Waals surface area (Å²) >= 11 is 11.8. The molecule has 0 aliphatic heterocycles. The first-order valence-electron chi connectivity index (χ1n) is 8.20. The molecule has 0 heterocycles. The highest BCUT2D eigenvalue weighted by Crippen LogP contribution is 2.20. The minimum absolute atomic E-state index is 0.0970. The average molecular weight is 432 g/mol. The van der Waals surface area contributed by atoms with Crippen molar-refractivity contribution in [1.82, 2.24) is 0 Å². The Kier molecular flexibility index (Phi) is 6.19. The van der Waals surface area contributed by atoms with E-state index >= 15 is 0 Å². The molecular formula is C21H15Cl2NO3S. The largest absolute Gasteiger partial charge is 0.289 e. The maximum absolute atomic E-state index is 12.4. The van der Waals surface area contributed by atoms with E-state index in [1.807, 2.05) is 12.1 Å². The van der Waals surface area contributed by atoms with Gasteiger partial charge in [-0.1, -0.05) is 41.4 Å². The average Bonchev–Trinajstić information content (AvgIpc) is 2.68. The Labute approximate surface area is 173 Å². The van der Waals surface area contributed by atoms with Crippen molar-refractivity contribution >= 4 is 50.8 Å². The standard InChI is InChI=1S/C21H15Cl2NO3S/c22-17-8-12-19(13-9-17)28(26,27)24-18-10-5-16(6-11-18)21(25)14-7-15-3-1-2-4-20(15)23/h1-14,24H/b14-7+. The molecule has 0 amide bonds. The van der Waals surface area contributed by atoms with E-state index in [1.165, 1.54) is 42.5 Å². The van der Waals surface area contributed by atoms with Crippen molar-refractivity contribution in [3.8, 4) is 0 Å². The van der Waals surface area contributed by atoms with Crippen LogP contribution in [0.5, 0.6) is 0 Å². The third-order valence-corrected chi connectivity index (χ3v) is 5.86. The highest BCUT2D eigenvalue weighted by molar-refractivity contribution is 7.92. The van der Waals surface area contributed by atoms with Crippen LogP contribution in [0.4, 0.5) is 5.69 Å². The van der Waals surface area contributed by atoms with Crippen LogP contribution in [0.25, 0.3) is 6.08 Å². The topological polar surface area (TPSA) is 63.2 Å². The summed E-state index contributed by atoms with van der Waals surface area (Å²) in [4.78, 5) is 12.4. The number of ketones is 1. The van der Waals surface area contributed by atoms with Crippen molar-refractivity contribution in [3.63, 3.8) is 0 Å². The van der Waals surface area contributed by atoms with E-state index in [2.05, 4.69) is 4.72 Å². The molecule has 0 spiro atoms. The van der Waals surface area contributed by atoms with Crippen LogP contribution in [0, 0.1) is 0 Å². The van der Waals surface area contributed by atoms with Crippen LogP contribution >= 0.6 is 23.2 Å². The fourth-order valence-electron chi connectivity index (χ4n) is 2.40. The van der Waals surface area contributed by atoms with E-state index in [0.29, 0.717) is 21.3 Å².